The molecule has 0 bridgehead atoms. The van der Waals surface area contributed by atoms with E-state index in [-0.39, 0.29) is 5.82 Å². The molecule has 2 aromatic rings. The van der Waals surface area contributed by atoms with Crippen molar-refractivity contribution in [2.24, 2.45) is 0 Å². The van der Waals surface area contributed by atoms with Crippen LogP contribution in [0.5, 0.6) is 5.75 Å². The van der Waals surface area contributed by atoms with E-state index in [1.165, 1.54) is 12.1 Å². The number of rotatable bonds is 4. The van der Waals surface area contributed by atoms with E-state index in [1.807, 2.05) is 5.94 Å². The SMILES string of the molecule is COc1cccc(C(=C=O)/C=C/c2ccc(F)cc2)c1. The monoisotopic (exact) mass is 268 g/mol. The summed E-state index contributed by atoms with van der Waals surface area (Å²) in [4.78, 5) is 11.1. The highest BCUT2D eigenvalue weighted by molar-refractivity contribution is 5.95. The number of methoxy groups -OCH3 is 1. The molecular formula is C17H13FO2. The number of halogens is 1. The lowest BCUT2D eigenvalue weighted by Gasteiger charge is -2.02. The number of hydrogen-bond acceptors (Lipinski definition) is 2. The lowest BCUT2D eigenvalue weighted by Crippen LogP contribution is -1.86. The molecule has 2 rings (SSSR count). The zero-order valence-corrected chi connectivity index (χ0v) is 11.0. The van der Waals surface area contributed by atoms with E-state index in [0.717, 1.165) is 11.1 Å². The van der Waals surface area contributed by atoms with Gasteiger partial charge in [-0.25, -0.2) is 9.18 Å². The normalized spacial score (nSPS) is 10.3. The highest BCUT2D eigenvalue weighted by atomic mass is 19.1. The molecule has 2 aromatic carbocycles. The van der Waals surface area contributed by atoms with Gasteiger partial charge in [0.15, 0.2) is 0 Å². The molecule has 0 spiro atoms. The molecule has 0 saturated heterocycles. The third-order valence-electron chi connectivity index (χ3n) is 2.80. The Bertz CT molecular complexity index is 666. The van der Waals surface area contributed by atoms with Gasteiger partial charge >= 0.3 is 0 Å². The molecule has 2 nitrogen and oxygen atoms in total. The van der Waals surface area contributed by atoms with Crippen LogP contribution < -0.4 is 4.74 Å². The topological polar surface area (TPSA) is 26.3 Å². The molecule has 0 unspecified atom stereocenters. The Morgan fingerprint density at radius 1 is 1.20 bits per heavy atom. The molecule has 0 amide bonds. The molecule has 3 heteroatoms. The molecule has 0 fully saturated rings. The molecule has 0 aliphatic carbocycles. The Morgan fingerprint density at radius 3 is 2.60 bits per heavy atom. The van der Waals surface area contributed by atoms with Gasteiger partial charge in [-0.05, 0) is 41.5 Å². The quantitative estimate of drug-likeness (QED) is 0.623. The summed E-state index contributed by atoms with van der Waals surface area (Å²) in [7, 11) is 1.57. The number of ether oxygens (including phenoxy) is 1. The van der Waals surface area contributed by atoms with Crippen LogP contribution in [-0.4, -0.2) is 13.1 Å². The summed E-state index contributed by atoms with van der Waals surface area (Å²) < 4.78 is 17.9. The van der Waals surface area contributed by atoms with Crippen molar-refractivity contribution in [2.75, 3.05) is 7.11 Å². The van der Waals surface area contributed by atoms with E-state index in [2.05, 4.69) is 0 Å². The number of benzene rings is 2. The summed E-state index contributed by atoms with van der Waals surface area (Å²) in [5, 5.41) is 0. The van der Waals surface area contributed by atoms with Gasteiger partial charge in [-0.1, -0.05) is 30.3 Å². The second kappa shape index (κ2) is 6.50. The maximum Gasteiger partial charge on any atom is 0.133 e. The average Bonchev–Trinajstić information content (AvgIpc) is 2.50. The van der Waals surface area contributed by atoms with Crippen molar-refractivity contribution in [3.05, 3.63) is 71.6 Å². The van der Waals surface area contributed by atoms with Gasteiger partial charge in [0.25, 0.3) is 0 Å². The first-order chi connectivity index (χ1) is 9.72. The first-order valence-corrected chi connectivity index (χ1v) is 6.06. The largest absolute Gasteiger partial charge is 0.497 e. The standard InChI is InChI=1S/C17H13FO2/c1-20-17-4-2-3-14(11-17)15(12-19)8-5-13-6-9-16(18)10-7-13/h2-11H,1H3/b8-5+. The highest BCUT2D eigenvalue weighted by Gasteiger charge is 2.01. The zero-order chi connectivity index (χ0) is 14.4. The highest BCUT2D eigenvalue weighted by Crippen LogP contribution is 2.20. The van der Waals surface area contributed by atoms with Gasteiger partial charge in [-0.3, -0.25) is 0 Å². The predicted molar refractivity (Wildman–Crippen MR) is 77.5 cm³/mol. The lowest BCUT2D eigenvalue weighted by atomic mass is 10.1. The maximum absolute atomic E-state index is 12.8. The van der Waals surface area contributed by atoms with Crippen molar-refractivity contribution in [1.82, 2.24) is 0 Å². The van der Waals surface area contributed by atoms with Crippen LogP contribution in [-0.2, 0) is 4.79 Å². The summed E-state index contributed by atoms with van der Waals surface area (Å²) in [6.45, 7) is 0. The van der Waals surface area contributed by atoms with E-state index in [1.54, 1.807) is 55.7 Å². The Balaban J connectivity index is 2.25. The van der Waals surface area contributed by atoms with Crippen LogP contribution in [0.3, 0.4) is 0 Å². The van der Waals surface area contributed by atoms with Crippen LogP contribution in [0, 0.1) is 5.82 Å². The number of carbonyl (C=O) groups excluding carboxylic acids is 1. The van der Waals surface area contributed by atoms with Crippen molar-refractivity contribution in [2.45, 2.75) is 0 Å². The Morgan fingerprint density at radius 2 is 1.95 bits per heavy atom. The minimum Gasteiger partial charge on any atom is -0.497 e. The Kier molecular flexibility index (Phi) is 4.48. The molecular weight excluding hydrogens is 255 g/mol. The molecule has 0 aromatic heterocycles. The second-order valence-electron chi connectivity index (χ2n) is 4.13. The van der Waals surface area contributed by atoms with Crippen molar-refractivity contribution in [3.8, 4) is 5.75 Å². The van der Waals surface area contributed by atoms with Crippen molar-refractivity contribution < 1.29 is 13.9 Å². The first kappa shape index (κ1) is 13.8. The fourth-order valence-corrected chi connectivity index (χ4v) is 1.73. The van der Waals surface area contributed by atoms with Gasteiger partial charge in [-0.2, -0.15) is 0 Å². The van der Waals surface area contributed by atoms with Crippen molar-refractivity contribution in [3.63, 3.8) is 0 Å². The van der Waals surface area contributed by atoms with Crippen LogP contribution >= 0.6 is 0 Å². The van der Waals surface area contributed by atoms with Gasteiger partial charge in [0, 0.05) is 0 Å². The average molecular weight is 268 g/mol. The smallest absolute Gasteiger partial charge is 0.133 e. The molecule has 0 aliphatic rings. The molecule has 0 N–H and O–H groups in total. The second-order valence-corrected chi connectivity index (χ2v) is 4.13. The van der Waals surface area contributed by atoms with Crippen LogP contribution in [0.1, 0.15) is 11.1 Å². The number of hydrogen-bond donors (Lipinski definition) is 0. The summed E-state index contributed by atoms with van der Waals surface area (Å²) >= 11 is 0. The lowest BCUT2D eigenvalue weighted by molar-refractivity contribution is 0.414. The molecule has 100 valence electrons. The maximum atomic E-state index is 12.8. The van der Waals surface area contributed by atoms with Crippen LogP contribution in [0.25, 0.3) is 11.6 Å². The first-order valence-electron chi connectivity index (χ1n) is 6.06. The van der Waals surface area contributed by atoms with Crippen molar-refractivity contribution in [1.29, 1.82) is 0 Å². The zero-order valence-electron chi connectivity index (χ0n) is 11.0. The molecule has 0 atom stereocenters. The van der Waals surface area contributed by atoms with E-state index >= 15 is 0 Å². The molecule has 0 heterocycles. The van der Waals surface area contributed by atoms with E-state index < -0.39 is 0 Å². The fourth-order valence-electron chi connectivity index (χ4n) is 1.73. The van der Waals surface area contributed by atoms with E-state index in [9.17, 15) is 9.18 Å². The number of allylic oxidation sites excluding steroid dienone is 2. The third kappa shape index (κ3) is 3.44. The fraction of sp³-hybridized carbons (Fsp3) is 0.0588. The summed E-state index contributed by atoms with van der Waals surface area (Å²) in [6, 6.07) is 13.2. The molecule has 0 aliphatic heterocycles. The molecule has 20 heavy (non-hydrogen) atoms. The summed E-state index contributed by atoms with van der Waals surface area (Å²) in [6.07, 6.45) is 3.38. The summed E-state index contributed by atoms with van der Waals surface area (Å²) in [5.41, 5.74) is 1.94. The van der Waals surface area contributed by atoms with Crippen LogP contribution in [0.15, 0.2) is 54.6 Å². The molecule has 0 saturated carbocycles. The van der Waals surface area contributed by atoms with Gasteiger partial charge in [0.2, 0.25) is 0 Å². The minimum absolute atomic E-state index is 0.291. The van der Waals surface area contributed by atoms with Gasteiger partial charge in [-0.15, -0.1) is 0 Å². The van der Waals surface area contributed by atoms with E-state index in [4.69, 9.17) is 4.74 Å². The predicted octanol–water partition coefficient (Wildman–Crippen LogP) is 3.76. The van der Waals surface area contributed by atoms with Gasteiger partial charge < -0.3 is 4.74 Å². The van der Waals surface area contributed by atoms with Gasteiger partial charge in [0.1, 0.15) is 17.5 Å². The minimum atomic E-state index is -0.291. The molecule has 0 radical (unpaired) electrons. The Hall–Kier alpha value is -2.64. The van der Waals surface area contributed by atoms with Crippen LogP contribution in [0.2, 0.25) is 0 Å². The summed E-state index contributed by atoms with van der Waals surface area (Å²) in [5.74, 6) is 2.28. The Labute approximate surface area is 116 Å². The third-order valence-corrected chi connectivity index (χ3v) is 2.80. The van der Waals surface area contributed by atoms with Crippen LogP contribution in [0.4, 0.5) is 4.39 Å². The van der Waals surface area contributed by atoms with Crippen molar-refractivity contribution >= 4 is 17.6 Å². The van der Waals surface area contributed by atoms with E-state index in [0.29, 0.717) is 11.3 Å². The van der Waals surface area contributed by atoms with Gasteiger partial charge in [0.05, 0.1) is 12.7 Å².